The van der Waals surface area contributed by atoms with Gasteiger partial charge in [0.1, 0.15) is 5.82 Å². The van der Waals surface area contributed by atoms with Gasteiger partial charge in [-0.05, 0) is 46.5 Å². The number of alkyl halides is 3. The first-order chi connectivity index (χ1) is 15.1. The molecule has 0 radical (unpaired) electrons. The number of halogens is 6. The number of rotatable bonds is 6. The molecule has 0 bridgehead atoms. The Balaban J connectivity index is 1.32. The summed E-state index contributed by atoms with van der Waals surface area (Å²) in [5, 5.41) is 4.13. The fourth-order valence-corrected chi connectivity index (χ4v) is 5.02. The van der Waals surface area contributed by atoms with Crippen LogP contribution in [0.1, 0.15) is 42.1 Å². The smallest absolute Gasteiger partial charge is 0.340 e. The third-order valence-electron chi connectivity index (χ3n) is 5.84. The molecule has 0 N–H and O–H groups in total. The van der Waals surface area contributed by atoms with Gasteiger partial charge in [0.2, 0.25) is 5.91 Å². The summed E-state index contributed by atoms with van der Waals surface area (Å²) in [7, 11) is 0. The van der Waals surface area contributed by atoms with Gasteiger partial charge >= 0.3 is 6.18 Å². The Morgan fingerprint density at radius 3 is 2.47 bits per heavy atom. The molecular weight excluding hydrogens is 516 g/mol. The summed E-state index contributed by atoms with van der Waals surface area (Å²) in [6.45, 7) is 2.99. The number of nitrogens with zero attached hydrogens (tertiary/aromatic N) is 4. The van der Waals surface area contributed by atoms with Crippen LogP contribution in [0.15, 0.2) is 22.7 Å². The summed E-state index contributed by atoms with van der Waals surface area (Å²) in [6, 6.07) is 4.31. The predicted molar refractivity (Wildman–Crippen MR) is 115 cm³/mol. The lowest BCUT2D eigenvalue weighted by Crippen LogP contribution is -2.48. The SMILES string of the molecule is O=C(CCn1nc(C(F)(F)F)c(Br)c1C1CC1)N1CCN(Cc2ccc(F)cc2Cl)CC1. The summed E-state index contributed by atoms with van der Waals surface area (Å²) < 4.78 is 54.3. The van der Waals surface area contributed by atoms with Crippen LogP contribution < -0.4 is 0 Å². The number of amides is 1. The molecule has 5 nitrogen and oxygen atoms in total. The van der Waals surface area contributed by atoms with Crippen molar-refractivity contribution in [3.05, 3.63) is 50.5 Å². The summed E-state index contributed by atoms with van der Waals surface area (Å²) in [5.74, 6) is -0.429. The zero-order chi connectivity index (χ0) is 23.0. The van der Waals surface area contributed by atoms with Crippen LogP contribution in [0.25, 0.3) is 0 Å². The predicted octanol–water partition coefficient (Wildman–Crippen LogP) is 5.07. The summed E-state index contributed by atoms with van der Waals surface area (Å²) in [5.41, 5.74) is 0.427. The van der Waals surface area contributed by atoms with E-state index in [0.29, 0.717) is 43.4 Å². The largest absolute Gasteiger partial charge is 0.436 e. The van der Waals surface area contributed by atoms with E-state index in [1.165, 1.54) is 16.8 Å². The summed E-state index contributed by atoms with van der Waals surface area (Å²) in [6.07, 6.45) is -2.79. The van der Waals surface area contributed by atoms with Gasteiger partial charge in [-0.25, -0.2) is 4.39 Å². The van der Waals surface area contributed by atoms with Gasteiger partial charge in [0.15, 0.2) is 5.69 Å². The number of hydrogen-bond donors (Lipinski definition) is 0. The van der Waals surface area contributed by atoms with Crippen molar-refractivity contribution in [2.45, 2.75) is 44.4 Å². The Morgan fingerprint density at radius 1 is 1.19 bits per heavy atom. The Hall–Kier alpha value is -1.65. The van der Waals surface area contributed by atoms with Crippen molar-refractivity contribution >= 4 is 33.4 Å². The summed E-state index contributed by atoms with van der Waals surface area (Å²) in [4.78, 5) is 16.5. The summed E-state index contributed by atoms with van der Waals surface area (Å²) >= 11 is 9.16. The van der Waals surface area contributed by atoms with Gasteiger partial charge in [-0.1, -0.05) is 17.7 Å². The lowest BCUT2D eigenvalue weighted by molar-refractivity contribution is -0.142. The normalized spacial score (nSPS) is 17.8. The van der Waals surface area contributed by atoms with Crippen molar-refractivity contribution in [1.82, 2.24) is 19.6 Å². The number of carbonyl (C=O) groups is 1. The maximum atomic E-state index is 13.2. The van der Waals surface area contributed by atoms with E-state index in [-0.39, 0.29) is 35.1 Å². The first-order valence-corrected chi connectivity index (χ1v) is 11.6. The molecule has 2 aliphatic rings. The first-order valence-electron chi connectivity index (χ1n) is 10.4. The molecule has 11 heteroatoms. The Bertz CT molecular complexity index is 1000. The molecule has 1 aliphatic heterocycles. The minimum Gasteiger partial charge on any atom is -0.340 e. The van der Waals surface area contributed by atoms with E-state index >= 15 is 0 Å². The zero-order valence-corrected chi connectivity index (χ0v) is 19.5. The average Bonchev–Trinajstić information content (AvgIpc) is 3.50. The fourth-order valence-electron chi connectivity index (χ4n) is 3.96. The molecule has 1 saturated heterocycles. The van der Waals surface area contributed by atoms with E-state index in [1.807, 2.05) is 0 Å². The van der Waals surface area contributed by atoms with Crippen molar-refractivity contribution in [2.75, 3.05) is 26.2 Å². The minimum absolute atomic E-state index is 0.00647. The van der Waals surface area contributed by atoms with Gasteiger partial charge in [0.25, 0.3) is 0 Å². The molecule has 2 aromatic rings. The molecule has 4 rings (SSSR count). The standard InChI is InChI=1S/C21H22BrClF4N4O/c22-18-19(13-1-2-13)31(28-20(18)21(25,26)27)6-5-17(32)30-9-7-29(8-10-30)12-14-3-4-15(24)11-16(14)23/h3-4,11,13H,1-2,5-10,12H2. The highest BCUT2D eigenvalue weighted by Gasteiger charge is 2.41. The molecule has 174 valence electrons. The first kappa shape index (κ1) is 23.5. The molecule has 0 atom stereocenters. The van der Waals surface area contributed by atoms with E-state index < -0.39 is 11.9 Å². The molecular formula is C21H22BrClF4N4O. The van der Waals surface area contributed by atoms with Gasteiger partial charge in [-0.3, -0.25) is 14.4 Å². The van der Waals surface area contributed by atoms with Gasteiger partial charge in [0.05, 0.1) is 16.7 Å². The molecule has 1 saturated carbocycles. The van der Waals surface area contributed by atoms with Crippen LogP contribution in [-0.2, 0) is 24.1 Å². The Kier molecular flexibility index (Phi) is 6.84. The van der Waals surface area contributed by atoms with E-state index in [9.17, 15) is 22.4 Å². The van der Waals surface area contributed by atoms with E-state index in [1.54, 1.807) is 11.0 Å². The fraction of sp³-hybridized carbons (Fsp3) is 0.524. The second kappa shape index (κ2) is 9.30. The van der Waals surface area contributed by atoms with Gasteiger partial charge in [-0.2, -0.15) is 18.3 Å². The van der Waals surface area contributed by atoms with Crippen LogP contribution in [0.4, 0.5) is 17.6 Å². The highest BCUT2D eigenvalue weighted by atomic mass is 79.9. The van der Waals surface area contributed by atoms with Crippen LogP contribution in [0, 0.1) is 5.82 Å². The number of aromatic nitrogens is 2. The Morgan fingerprint density at radius 2 is 1.88 bits per heavy atom. The lowest BCUT2D eigenvalue weighted by Gasteiger charge is -2.35. The van der Waals surface area contributed by atoms with Crippen LogP contribution >= 0.6 is 27.5 Å². The highest BCUT2D eigenvalue weighted by Crippen LogP contribution is 2.47. The third-order valence-corrected chi connectivity index (χ3v) is 6.97. The van der Waals surface area contributed by atoms with Crippen LogP contribution in [-0.4, -0.2) is 51.7 Å². The van der Waals surface area contributed by atoms with Crippen LogP contribution in [0.5, 0.6) is 0 Å². The topological polar surface area (TPSA) is 41.4 Å². The molecule has 1 amide bonds. The van der Waals surface area contributed by atoms with Gasteiger partial charge < -0.3 is 4.90 Å². The van der Waals surface area contributed by atoms with Crippen molar-refractivity contribution in [1.29, 1.82) is 0 Å². The molecule has 32 heavy (non-hydrogen) atoms. The van der Waals surface area contributed by atoms with E-state index in [4.69, 9.17) is 11.6 Å². The number of benzene rings is 1. The van der Waals surface area contributed by atoms with Gasteiger partial charge in [-0.15, -0.1) is 0 Å². The van der Waals surface area contributed by atoms with Gasteiger partial charge in [0, 0.05) is 50.1 Å². The molecule has 0 spiro atoms. The average molecular weight is 538 g/mol. The van der Waals surface area contributed by atoms with Crippen molar-refractivity contribution in [3.63, 3.8) is 0 Å². The van der Waals surface area contributed by atoms with E-state index in [0.717, 1.165) is 18.4 Å². The van der Waals surface area contributed by atoms with Crippen molar-refractivity contribution < 1.29 is 22.4 Å². The minimum atomic E-state index is -4.54. The molecule has 2 fully saturated rings. The molecule has 1 aromatic heterocycles. The number of aryl methyl sites for hydroxylation is 1. The third kappa shape index (κ3) is 5.28. The monoisotopic (exact) mass is 536 g/mol. The van der Waals surface area contributed by atoms with Crippen LogP contribution in [0.2, 0.25) is 5.02 Å². The molecule has 0 unspecified atom stereocenters. The second-order valence-corrected chi connectivity index (χ2v) is 9.39. The van der Waals surface area contributed by atoms with Crippen molar-refractivity contribution in [3.8, 4) is 0 Å². The highest BCUT2D eigenvalue weighted by molar-refractivity contribution is 9.10. The van der Waals surface area contributed by atoms with Crippen molar-refractivity contribution in [2.24, 2.45) is 0 Å². The number of hydrogen-bond acceptors (Lipinski definition) is 3. The number of carbonyl (C=O) groups excluding carboxylic acids is 1. The Labute approximate surface area is 196 Å². The molecule has 1 aromatic carbocycles. The second-order valence-electron chi connectivity index (χ2n) is 8.19. The zero-order valence-electron chi connectivity index (χ0n) is 17.1. The number of piperazine rings is 1. The molecule has 1 aliphatic carbocycles. The maximum absolute atomic E-state index is 13.2. The molecule has 2 heterocycles. The van der Waals surface area contributed by atoms with Crippen LogP contribution in [0.3, 0.4) is 0 Å². The van der Waals surface area contributed by atoms with E-state index in [2.05, 4.69) is 25.9 Å². The lowest BCUT2D eigenvalue weighted by atomic mass is 10.2. The maximum Gasteiger partial charge on any atom is 0.436 e. The quantitative estimate of drug-likeness (QED) is 0.483.